The molecule has 1 amide bonds. The molecule has 0 unspecified atom stereocenters. The van der Waals surface area contributed by atoms with Gasteiger partial charge in [0, 0.05) is 32.1 Å². The Morgan fingerprint density at radius 3 is 2.52 bits per heavy atom. The fraction of sp³-hybridized carbons (Fsp3) is 0.300. The number of hydrogen-bond donors (Lipinski definition) is 1. The number of hydrogen-bond acceptors (Lipinski definition) is 5. The van der Waals surface area contributed by atoms with Gasteiger partial charge in [-0.2, -0.15) is 0 Å². The maximum Gasteiger partial charge on any atom is 0.308 e. The highest BCUT2D eigenvalue weighted by atomic mass is 32.2. The Kier molecular flexibility index (Phi) is 5.80. The monoisotopic (exact) mass is 467 g/mol. The van der Waals surface area contributed by atoms with Crippen molar-refractivity contribution in [1.29, 1.82) is 0 Å². The third-order valence-electron chi connectivity index (χ3n) is 5.13. The van der Waals surface area contributed by atoms with Gasteiger partial charge in [0.2, 0.25) is 5.91 Å². The van der Waals surface area contributed by atoms with Crippen LogP contribution in [0.15, 0.2) is 46.1 Å². The molecular formula is C20H19F2N3O4S2. The topological polar surface area (TPSA) is 88.5 Å². The van der Waals surface area contributed by atoms with E-state index in [0.717, 1.165) is 55.5 Å². The average Bonchev–Trinajstić information content (AvgIpc) is 3.36. The van der Waals surface area contributed by atoms with Crippen LogP contribution >= 0.6 is 11.3 Å². The average molecular weight is 468 g/mol. The molecule has 4 rings (SSSR count). The summed E-state index contributed by atoms with van der Waals surface area (Å²) in [7, 11) is -4.08. The van der Waals surface area contributed by atoms with Crippen molar-refractivity contribution in [1.82, 2.24) is 9.47 Å². The SMILES string of the molecule is O=C(CCn1c(=O)sc2cc(S(=O)(=O)Nc3ccc(F)c(F)c3)ccc21)N1CCCC1. The quantitative estimate of drug-likeness (QED) is 0.603. The molecule has 164 valence electrons. The largest absolute Gasteiger partial charge is 0.343 e. The zero-order valence-electron chi connectivity index (χ0n) is 16.3. The summed E-state index contributed by atoms with van der Waals surface area (Å²) < 4.78 is 55.8. The number of carbonyl (C=O) groups excluding carboxylic acids is 1. The van der Waals surface area contributed by atoms with Crippen LogP contribution < -0.4 is 9.60 Å². The minimum atomic E-state index is -4.08. The summed E-state index contributed by atoms with van der Waals surface area (Å²) in [5, 5.41) is 0. The van der Waals surface area contributed by atoms with Crippen molar-refractivity contribution in [2.45, 2.75) is 30.7 Å². The Balaban J connectivity index is 1.56. The first-order valence-corrected chi connectivity index (χ1v) is 11.9. The second-order valence-electron chi connectivity index (χ2n) is 7.22. The molecule has 0 bridgehead atoms. The number of thiazole rings is 1. The van der Waals surface area contributed by atoms with Crippen molar-refractivity contribution in [2.24, 2.45) is 0 Å². The molecule has 0 spiro atoms. The number of aryl methyl sites for hydroxylation is 1. The number of fused-ring (bicyclic) bond motifs is 1. The molecule has 0 saturated carbocycles. The lowest BCUT2D eigenvalue weighted by Gasteiger charge is -2.15. The normalized spacial score (nSPS) is 14.3. The number of halogens is 2. The molecule has 1 aliphatic heterocycles. The van der Waals surface area contributed by atoms with Crippen LogP contribution in [0.2, 0.25) is 0 Å². The van der Waals surface area contributed by atoms with Crippen LogP contribution in [0.4, 0.5) is 14.5 Å². The van der Waals surface area contributed by atoms with E-state index in [1.165, 1.54) is 22.8 Å². The maximum absolute atomic E-state index is 13.4. The summed E-state index contributed by atoms with van der Waals surface area (Å²) in [5.41, 5.74) is 0.418. The number of rotatable bonds is 6. The van der Waals surface area contributed by atoms with Crippen LogP contribution in [-0.4, -0.2) is 36.9 Å². The van der Waals surface area contributed by atoms with E-state index in [0.29, 0.717) is 10.2 Å². The summed E-state index contributed by atoms with van der Waals surface area (Å²) in [6.45, 7) is 1.70. The van der Waals surface area contributed by atoms with Gasteiger partial charge in [-0.15, -0.1) is 0 Å². The molecule has 0 radical (unpaired) electrons. The van der Waals surface area contributed by atoms with E-state index < -0.39 is 21.7 Å². The number of amides is 1. The van der Waals surface area contributed by atoms with Gasteiger partial charge in [-0.1, -0.05) is 11.3 Å². The summed E-state index contributed by atoms with van der Waals surface area (Å²) in [4.78, 5) is 26.1. The van der Waals surface area contributed by atoms with Crippen LogP contribution in [0.3, 0.4) is 0 Å². The lowest BCUT2D eigenvalue weighted by Crippen LogP contribution is -2.29. The van der Waals surface area contributed by atoms with Gasteiger partial charge in [0.15, 0.2) is 11.6 Å². The number of carbonyl (C=O) groups is 1. The molecule has 7 nitrogen and oxygen atoms in total. The Morgan fingerprint density at radius 2 is 1.81 bits per heavy atom. The molecule has 31 heavy (non-hydrogen) atoms. The Hall–Kier alpha value is -2.79. The zero-order valence-corrected chi connectivity index (χ0v) is 17.9. The van der Waals surface area contributed by atoms with Crippen molar-refractivity contribution in [2.75, 3.05) is 17.8 Å². The van der Waals surface area contributed by atoms with E-state index in [2.05, 4.69) is 4.72 Å². The minimum Gasteiger partial charge on any atom is -0.343 e. The number of nitrogens with zero attached hydrogens (tertiary/aromatic N) is 2. The number of benzene rings is 2. The van der Waals surface area contributed by atoms with E-state index in [4.69, 9.17) is 0 Å². The molecule has 0 atom stereocenters. The molecule has 1 aromatic heterocycles. The van der Waals surface area contributed by atoms with Gasteiger partial charge in [0.1, 0.15) is 0 Å². The predicted octanol–water partition coefficient (Wildman–Crippen LogP) is 3.15. The smallest absolute Gasteiger partial charge is 0.308 e. The number of nitrogens with one attached hydrogen (secondary N) is 1. The van der Waals surface area contributed by atoms with Crippen LogP contribution in [-0.2, 0) is 21.4 Å². The van der Waals surface area contributed by atoms with Crippen LogP contribution in [0.25, 0.3) is 10.2 Å². The van der Waals surface area contributed by atoms with E-state index >= 15 is 0 Å². The lowest BCUT2D eigenvalue weighted by molar-refractivity contribution is -0.130. The Labute approximate surface area is 181 Å². The Morgan fingerprint density at radius 1 is 1.06 bits per heavy atom. The second-order valence-corrected chi connectivity index (χ2v) is 9.90. The summed E-state index contributed by atoms with van der Waals surface area (Å²) in [6.07, 6.45) is 2.18. The zero-order chi connectivity index (χ0) is 22.2. The molecule has 2 aromatic carbocycles. The molecule has 0 aliphatic carbocycles. The van der Waals surface area contributed by atoms with E-state index in [1.54, 1.807) is 4.90 Å². The maximum atomic E-state index is 13.4. The molecular weight excluding hydrogens is 448 g/mol. The van der Waals surface area contributed by atoms with Crippen molar-refractivity contribution >= 4 is 43.2 Å². The first-order valence-electron chi connectivity index (χ1n) is 9.64. The molecule has 3 aromatic rings. The number of sulfonamides is 1. The summed E-state index contributed by atoms with van der Waals surface area (Å²) >= 11 is 0.884. The van der Waals surface area contributed by atoms with Crippen molar-refractivity contribution in [3.8, 4) is 0 Å². The van der Waals surface area contributed by atoms with Crippen LogP contribution in [0.5, 0.6) is 0 Å². The predicted molar refractivity (Wildman–Crippen MR) is 114 cm³/mol. The fourth-order valence-electron chi connectivity index (χ4n) is 3.53. The highest BCUT2D eigenvalue weighted by molar-refractivity contribution is 7.92. The third-order valence-corrected chi connectivity index (χ3v) is 7.45. The number of aromatic nitrogens is 1. The molecule has 1 aliphatic rings. The van der Waals surface area contributed by atoms with Crippen LogP contribution in [0.1, 0.15) is 19.3 Å². The molecule has 1 saturated heterocycles. The van der Waals surface area contributed by atoms with Gasteiger partial charge in [-0.05, 0) is 43.2 Å². The molecule has 11 heteroatoms. The van der Waals surface area contributed by atoms with Crippen LogP contribution in [0, 0.1) is 11.6 Å². The molecule has 2 heterocycles. The van der Waals surface area contributed by atoms with E-state index in [-0.39, 0.29) is 34.3 Å². The van der Waals surface area contributed by atoms with Gasteiger partial charge in [0.25, 0.3) is 10.0 Å². The van der Waals surface area contributed by atoms with Crippen molar-refractivity contribution in [3.63, 3.8) is 0 Å². The highest BCUT2D eigenvalue weighted by Gasteiger charge is 2.20. The van der Waals surface area contributed by atoms with E-state index in [1.807, 2.05) is 0 Å². The highest BCUT2D eigenvalue weighted by Crippen LogP contribution is 2.24. The fourth-order valence-corrected chi connectivity index (χ4v) is 5.64. The minimum absolute atomic E-state index is 0.00122. The van der Waals surface area contributed by atoms with Crippen molar-refractivity contribution < 1.29 is 22.0 Å². The second kappa shape index (κ2) is 8.39. The molecule has 1 N–H and O–H groups in total. The Bertz CT molecular complexity index is 1310. The van der Waals surface area contributed by atoms with E-state index in [9.17, 15) is 26.8 Å². The van der Waals surface area contributed by atoms with Gasteiger partial charge in [-0.3, -0.25) is 18.9 Å². The molecule has 1 fully saturated rings. The van der Waals surface area contributed by atoms with Gasteiger partial charge in [-0.25, -0.2) is 17.2 Å². The lowest BCUT2D eigenvalue weighted by atomic mass is 10.3. The first-order chi connectivity index (χ1) is 14.7. The van der Waals surface area contributed by atoms with Gasteiger partial charge in [0.05, 0.1) is 20.8 Å². The first kappa shape index (κ1) is 21.4. The standard InChI is InChI=1S/C20H19F2N3O4S2/c21-15-5-3-13(11-16(15)22)23-31(28,29)14-4-6-17-18(12-14)30-20(27)25(17)10-7-19(26)24-8-1-2-9-24/h3-6,11-12,23H,1-2,7-10H2. The van der Waals surface area contributed by atoms with Crippen molar-refractivity contribution in [3.05, 3.63) is 57.7 Å². The van der Waals surface area contributed by atoms with Gasteiger partial charge >= 0.3 is 4.87 Å². The van der Waals surface area contributed by atoms with Gasteiger partial charge < -0.3 is 4.90 Å². The third kappa shape index (κ3) is 4.47. The number of likely N-dealkylation sites (tertiary alicyclic amines) is 1. The number of anilines is 1. The summed E-state index contributed by atoms with van der Waals surface area (Å²) in [5.74, 6) is -2.26. The summed E-state index contributed by atoms with van der Waals surface area (Å²) in [6, 6.07) is 6.87.